The monoisotopic (exact) mass is 353 g/mol. The Labute approximate surface area is 142 Å². The topological polar surface area (TPSA) is 80.2 Å². The molecule has 23 heavy (non-hydrogen) atoms. The van der Waals surface area contributed by atoms with E-state index in [1.165, 1.54) is 17.6 Å². The van der Waals surface area contributed by atoms with Crippen LogP contribution < -0.4 is 16.4 Å². The number of aromatic nitrogens is 1. The van der Waals surface area contributed by atoms with Crippen molar-refractivity contribution in [3.8, 4) is 0 Å². The van der Waals surface area contributed by atoms with E-state index in [4.69, 9.17) is 23.2 Å². The molecule has 0 atom stereocenters. The molecule has 1 heterocycles. The number of hydrazine groups is 1. The third-order valence-corrected chi connectivity index (χ3v) is 3.69. The molecule has 1 aromatic heterocycles. The first-order valence-electron chi connectivity index (χ1n) is 6.59. The lowest BCUT2D eigenvalue weighted by Gasteiger charge is -2.09. The van der Waals surface area contributed by atoms with Gasteiger partial charge >= 0.3 is 0 Å². The number of benzene rings is 1. The maximum Gasteiger partial charge on any atom is 0.275 e. The number of nitrogens with one attached hydrogen (secondary N) is 2. The molecule has 8 heteroatoms. The molecule has 2 N–H and O–H groups in total. The van der Waals surface area contributed by atoms with Gasteiger partial charge in [0, 0.05) is 13.1 Å². The highest BCUT2D eigenvalue weighted by atomic mass is 35.5. The highest BCUT2D eigenvalue weighted by Crippen LogP contribution is 2.22. The summed E-state index contributed by atoms with van der Waals surface area (Å²) in [6, 6.07) is 7.98. The Hall–Kier alpha value is -2.31. The Bertz CT molecular complexity index is 818. The standard InChI is InChI=1S/C15H13Cl2N3O3/c1-9(21)18-19-14(22)11-3-2-6-20(15(11)23)8-10-4-5-12(16)13(17)7-10/h2-7H,8H2,1H3,(H,18,21)(H,19,22). The van der Waals surface area contributed by atoms with Gasteiger partial charge in [-0.05, 0) is 29.8 Å². The van der Waals surface area contributed by atoms with Gasteiger partial charge in [0.15, 0.2) is 0 Å². The second-order valence-corrected chi connectivity index (χ2v) is 5.55. The van der Waals surface area contributed by atoms with E-state index in [1.54, 1.807) is 30.5 Å². The molecule has 0 aliphatic rings. The van der Waals surface area contributed by atoms with Gasteiger partial charge in [-0.25, -0.2) is 0 Å². The van der Waals surface area contributed by atoms with E-state index in [0.717, 1.165) is 5.56 Å². The average molecular weight is 354 g/mol. The summed E-state index contributed by atoms with van der Waals surface area (Å²) in [5.74, 6) is -1.13. The van der Waals surface area contributed by atoms with E-state index in [9.17, 15) is 14.4 Å². The molecule has 2 amide bonds. The van der Waals surface area contributed by atoms with Gasteiger partial charge in [-0.3, -0.25) is 25.2 Å². The molecule has 0 fully saturated rings. The minimum atomic E-state index is -0.686. The molecule has 1 aromatic carbocycles. The van der Waals surface area contributed by atoms with Crippen LogP contribution >= 0.6 is 23.2 Å². The lowest BCUT2D eigenvalue weighted by Crippen LogP contribution is -2.43. The van der Waals surface area contributed by atoms with Crippen LogP contribution in [-0.4, -0.2) is 16.4 Å². The molecule has 0 aliphatic heterocycles. The fourth-order valence-electron chi connectivity index (χ4n) is 1.88. The predicted molar refractivity (Wildman–Crippen MR) is 87.5 cm³/mol. The van der Waals surface area contributed by atoms with Crippen molar-refractivity contribution >= 4 is 35.0 Å². The molecule has 0 bridgehead atoms. The summed E-state index contributed by atoms with van der Waals surface area (Å²) in [4.78, 5) is 35.0. The van der Waals surface area contributed by atoms with Crippen molar-refractivity contribution in [1.29, 1.82) is 0 Å². The SMILES string of the molecule is CC(=O)NNC(=O)c1cccn(Cc2ccc(Cl)c(Cl)c2)c1=O. The highest BCUT2D eigenvalue weighted by Gasteiger charge is 2.12. The molecule has 0 aliphatic carbocycles. The summed E-state index contributed by atoms with van der Waals surface area (Å²) in [5.41, 5.74) is 4.49. The van der Waals surface area contributed by atoms with Gasteiger partial charge in [0.1, 0.15) is 5.56 Å². The normalized spacial score (nSPS) is 10.2. The van der Waals surface area contributed by atoms with Crippen molar-refractivity contribution in [2.45, 2.75) is 13.5 Å². The molecule has 120 valence electrons. The third kappa shape index (κ3) is 4.34. The Morgan fingerprint density at radius 1 is 1.13 bits per heavy atom. The summed E-state index contributed by atoms with van der Waals surface area (Å²) in [6.45, 7) is 1.48. The Kier molecular flexibility index (Phi) is 5.41. The third-order valence-electron chi connectivity index (χ3n) is 2.95. The summed E-state index contributed by atoms with van der Waals surface area (Å²) >= 11 is 11.8. The highest BCUT2D eigenvalue weighted by molar-refractivity contribution is 6.42. The quantitative estimate of drug-likeness (QED) is 0.828. The van der Waals surface area contributed by atoms with Crippen molar-refractivity contribution in [3.05, 3.63) is 68.1 Å². The number of hydrogen-bond donors (Lipinski definition) is 2. The summed E-state index contributed by atoms with van der Waals surface area (Å²) in [5, 5.41) is 0.808. The second kappa shape index (κ2) is 7.30. The average Bonchev–Trinajstić information content (AvgIpc) is 2.50. The molecule has 0 saturated heterocycles. The maximum absolute atomic E-state index is 12.3. The van der Waals surface area contributed by atoms with Crippen LogP contribution in [0.15, 0.2) is 41.3 Å². The van der Waals surface area contributed by atoms with E-state index in [0.29, 0.717) is 10.0 Å². The minimum Gasteiger partial charge on any atom is -0.310 e. The number of rotatable bonds is 3. The Balaban J connectivity index is 2.25. The van der Waals surface area contributed by atoms with Crippen LogP contribution in [-0.2, 0) is 11.3 Å². The van der Waals surface area contributed by atoms with Crippen LogP contribution in [0.3, 0.4) is 0 Å². The molecule has 0 saturated carbocycles. The Morgan fingerprint density at radius 3 is 2.52 bits per heavy atom. The number of carbonyl (C=O) groups excluding carboxylic acids is 2. The zero-order valence-electron chi connectivity index (χ0n) is 12.1. The van der Waals surface area contributed by atoms with Crippen LogP contribution in [0, 0.1) is 0 Å². The van der Waals surface area contributed by atoms with Crippen LogP contribution in [0.5, 0.6) is 0 Å². The van der Waals surface area contributed by atoms with Crippen LogP contribution in [0.2, 0.25) is 10.0 Å². The van der Waals surface area contributed by atoms with Crippen LogP contribution in [0.1, 0.15) is 22.8 Å². The van der Waals surface area contributed by atoms with Crippen molar-refractivity contribution in [2.24, 2.45) is 0 Å². The number of halogens is 2. The first-order chi connectivity index (χ1) is 10.9. The molecular weight excluding hydrogens is 341 g/mol. The van der Waals surface area contributed by atoms with Gasteiger partial charge in [0.05, 0.1) is 16.6 Å². The fraction of sp³-hybridized carbons (Fsp3) is 0.133. The van der Waals surface area contributed by atoms with Crippen LogP contribution in [0.4, 0.5) is 0 Å². The molecular formula is C15H13Cl2N3O3. The zero-order valence-corrected chi connectivity index (χ0v) is 13.6. The lowest BCUT2D eigenvalue weighted by atomic mass is 10.2. The summed E-state index contributed by atoms with van der Waals surface area (Å²) in [6.07, 6.45) is 1.56. The van der Waals surface area contributed by atoms with Crippen LogP contribution in [0.25, 0.3) is 0 Å². The fourth-order valence-corrected chi connectivity index (χ4v) is 2.20. The minimum absolute atomic E-state index is 0.0821. The largest absolute Gasteiger partial charge is 0.310 e. The van der Waals surface area contributed by atoms with Gasteiger partial charge in [0.25, 0.3) is 11.5 Å². The van der Waals surface area contributed by atoms with E-state index < -0.39 is 17.4 Å². The molecule has 0 radical (unpaired) electrons. The number of carbonyl (C=O) groups is 2. The van der Waals surface area contributed by atoms with E-state index in [2.05, 4.69) is 10.9 Å². The van der Waals surface area contributed by atoms with Gasteiger partial charge in [0.2, 0.25) is 5.91 Å². The van der Waals surface area contributed by atoms with Crippen molar-refractivity contribution in [3.63, 3.8) is 0 Å². The van der Waals surface area contributed by atoms with Gasteiger partial charge in [-0.1, -0.05) is 29.3 Å². The predicted octanol–water partition coefficient (Wildman–Crippen LogP) is 1.98. The molecule has 0 spiro atoms. The van der Waals surface area contributed by atoms with Crippen molar-refractivity contribution < 1.29 is 9.59 Å². The molecule has 2 rings (SSSR count). The maximum atomic E-state index is 12.3. The van der Waals surface area contributed by atoms with Gasteiger partial charge in [-0.2, -0.15) is 0 Å². The van der Waals surface area contributed by atoms with Crippen molar-refractivity contribution in [1.82, 2.24) is 15.4 Å². The van der Waals surface area contributed by atoms with Crippen molar-refractivity contribution in [2.75, 3.05) is 0 Å². The molecule has 2 aromatic rings. The lowest BCUT2D eigenvalue weighted by molar-refractivity contribution is -0.119. The summed E-state index contributed by atoms with van der Waals surface area (Å²) < 4.78 is 1.36. The number of amides is 2. The van der Waals surface area contributed by atoms with E-state index in [1.807, 2.05) is 0 Å². The number of nitrogens with zero attached hydrogens (tertiary/aromatic N) is 1. The first-order valence-corrected chi connectivity index (χ1v) is 7.34. The summed E-state index contributed by atoms with van der Waals surface area (Å²) in [7, 11) is 0. The number of pyridine rings is 1. The smallest absolute Gasteiger partial charge is 0.275 e. The van der Waals surface area contributed by atoms with E-state index >= 15 is 0 Å². The zero-order chi connectivity index (χ0) is 17.0. The van der Waals surface area contributed by atoms with E-state index in [-0.39, 0.29) is 12.1 Å². The molecule has 6 nitrogen and oxygen atoms in total. The second-order valence-electron chi connectivity index (χ2n) is 4.74. The first kappa shape index (κ1) is 17.1. The Morgan fingerprint density at radius 2 is 1.87 bits per heavy atom. The van der Waals surface area contributed by atoms with Gasteiger partial charge in [-0.15, -0.1) is 0 Å². The molecule has 0 unspecified atom stereocenters. The van der Waals surface area contributed by atoms with Gasteiger partial charge < -0.3 is 4.57 Å². The number of hydrogen-bond acceptors (Lipinski definition) is 3.